The number of hydrogen-bond donors (Lipinski definition) is 3. The lowest BCUT2D eigenvalue weighted by atomic mass is 10.1. The molecule has 3 N–H and O–H groups in total. The first-order valence-electron chi connectivity index (χ1n) is 9.42. The molecule has 1 aliphatic heterocycles. The van der Waals surface area contributed by atoms with E-state index in [2.05, 4.69) is 9.71 Å². The Labute approximate surface area is 183 Å². The molecule has 10 heteroatoms. The fourth-order valence-electron chi connectivity index (χ4n) is 2.93. The second-order valence-corrected chi connectivity index (χ2v) is 7.68. The summed E-state index contributed by atoms with van der Waals surface area (Å²) in [5, 5.41) is 18.6. The number of rotatable bonds is 7. The molecule has 1 heterocycles. The number of amidine groups is 1. The molecule has 0 aromatic heterocycles. The number of aliphatic imine (C=N–C) groups is 1. The Morgan fingerprint density at radius 2 is 2.00 bits per heavy atom. The van der Waals surface area contributed by atoms with Crippen molar-refractivity contribution in [1.82, 2.24) is 9.80 Å². The van der Waals surface area contributed by atoms with Crippen molar-refractivity contribution >= 4 is 35.5 Å². The van der Waals surface area contributed by atoms with Crippen molar-refractivity contribution in [3.63, 3.8) is 0 Å². The third-order valence-corrected chi connectivity index (χ3v) is 5.08. The lowest BCUT2D eigenvalue weighted by Gasteiger charge is -2.36. The molecule has 2 aromatic rings. The van der Waals surface area contributed by atoms with Gasteiger partial charge in [0.2, 0.25) is 0 Å². The van der Waals surface area contributed by atoms with E-state index >= 15 is 0 Å². The Hall–Kier alpha value is -3.11. The van der Waals surface area contributed by atoms with Crippen LogP contribution in [0.3, 0.4) is 0 Å². The van der Waals surface area contributed by atoms with Gasteiger partial charge in [0.25, 0.3) is 0 Å². The van der Waals surface area contributed by atoms with E-state index in [-0.39, 0.29) is 17.3 Å². The van der Waals surface area contributed by atoms with E-state index in [4.69, 9.17) is 10.1 Å². The van der Waals surface area contributed by atoms with Gasteiger partial charge in [-0.1, -0.05) is 18.9 Å². The molecule has 1 unspecified atom stereocenters. The summed E-state index contributed by atoms with van der Waals surface area (Å²) in [7, 11) is 3.19. The number of halogens is 2. The fraction of sp³-hybridized carbons (Fsp3) is 0.238. The van der Waals surface area contributed by atoms with Crippen LogP contribution < -0.4 is 9.46 Å². The van der Waals surface area contributed by atoms with Crippen LogP contribution in [0.25, 0.3) is 5.70 Å². The number of nitrogens with zero attached hydrogens (tertiary/aromatic N) is 3. The molecular formula is C21H23F2N5O2S. The van der Waals surface area contributed by atoms with E-state index in [1.54, 1.807) is 38.5 Å². The van der Waals surface area contributed by atoms with Gasteiger partial charge in [-0.2, -0.15) is 0 Å². The van der Waals surface area contributed by atoms with Crippen LogP contribution in [-0.4, -0.2) is 53.2 Å². The zero-order chi connectivity index (χ0) is 22.5. The molecule has 0 bridgehead atoms. The molecule has 164 valence electrons. The predicted molar refractivity (Wildman–Crippen MR) is 120 cm³/mol. The second kappa shape index (κ2) is 9.80. The second-order valence-electron chi connectivity index (χ2n) is 6.61. The summed E-state index contributed by atoms with van der Waals surface area (Å²) in [5.74, 6) is -0.653. The van der Waals surface area contributed by atoms with E-state index in [0.29, 0.717) is 11.3 Å². The summed E-state index contributed by atoms with van der Waals surface area (Å²) in [4.78, 5) is 6.88. The number of benzene rings is 2. The molecule has 0 saturated carbocycles. The number of likely N-dealkylation sites (N-methyl/N-ethyl adjacent to an activating group) is 1. The van der Waals surface area contributed by atoms with Gasteiger partial charge in [0.05, 0.1) is 12.0 Å². The first kappa shape index (κ1) is 22.6. The highest BCUT2D eigenvalue weighted by Gasteiger charge is 2.30. The third-order valence-electron chi connectivity index (χ3n) is 4.41. The van der Waals surface area contributed by atoms with Crippen molar-refractivity contribution in [2.45, 2.75) is 13.2 Å². The standard InChI is InChI=1S/C21H23F2N5O2S/c1-4-31-26-14-6-8-18(30-19-7-5-13(22)9-16(19)23)15(10-14)17-11-27(3)21(29)20(24)28(17)12-25-2/h5-12,21,24,26,29H,4H2,1-3H3. The zero-order valence-corrected chi connectivity index (χ0v) is 18.1. The maximum atomic E-state index is 14.2. The van der Waals surface area contributed by atoms with Gasteiger partial charge in [-0.05, 0) is 30.3 Å². The summed E-state index contributed by atoms with van der Waals surface area (Å²) in [5.41, 5.74) is 1.78. The van der Waals surface area contributed by atoms with Gasteiger partial charge < -0.3 is 19.5 Å². The first-order chi connectivity index (χ1) is 14.8. The maximum Gasteiger partial charge on any atom is 0.186 e. The van der Waals surface area contributed by atoms with Crippen LogP contribution in [0.5, 0.6) is 11.5 Å². The summed E-state index contributed by atoms with van der Waals surface area (Å²) in [6, 6.07) is 8.30. The fourth-order valence-corrected chi connectivity index (χ4v) is 3.36. The van der Waals surface area contributed by atoms with Crippen molar-refractivity contribution in [3.05, 3.63) is 59.8 Å². The smallest absolute Gasteiger partial charge is 0.186 e. The third kappa shape index (κ3) is 4.97. The highest BCUT2D eigenvalue weighted by Crippen LogP contribution is 2.37. The summed E-state index contributed by atoms with van der Waals surface area (Å²) in [6.07, 6.45) is 1.90. The minimum atomic E-state index is -1.15. The van der Waals surface area contributed by atoms with Gasteiger partial charge in [-0.3, -0.25) is 15.3 Å². The quantitative estimate of drug-likeness (QED) is 0.333. The van der Waals surface area contributed by atoms with Gasteiger partial charge in [0, 0.05) is 43.4 Å². The van der Waals surface area contributed by atoms with Crippen molar-refractivity contribution < 1.29 is 18.6 Å². The molecule has 31 heavy (non-hydrogen) atoms. The molecule has 0 aliphatic carbocycles. The monoisotopic (exact) mass is 447 g/mol. The molecule has 3 rings (SSSR count). The molecule has 2 aromatic carbocycles. The molecule has 0 spiro atoms. The van der Waals surface area contributed by atoms with Crippen molar-refractivity contribution in [1.29, 1.82) is 5.41 Å². The maximum absolute atomic E-state index is 14.2. The summed E-state index contributed by atoms with van der Waals surface area (Å²) < 4.78 is 36.5. The largest absolute Gasteiger partial charge is 0.454 e. The Morgan fingerprint density at radius 1 is 1.26 bits per heavy atom. The highest BCUT2D eigenvalue weighted by atomic mass is 32.2. The van der Waals surface area contributed by atoms with E-state index < -0.39 is 17.9 Å². The Balaban J connectivity index is 2.12. The van der Waals surface area contributed by atoms with Crippen LogP contribution in [0, 0.1) is 17.0 Å². The topological polar surface area (TPSA) is 84.2 Å². The van der Waals surface area contributed by atoms with Crippen LogP contribution >= 0.6 is 11.9 Å². The van der Waals surface area contributed by atoms with Crippen molar-refractivity contribution in [3.8, 4) is 11.5 Å². The van der Waals surface area contributed by atoms with Crippen LogP contribution in [0.2, 0.25) is 0 Å². The van der Waals surface area contributed by atoms with Crippen LogP contribution in [-0.2, 0) is 0 Å². The van der Waals surface area contributed by atoms with Gasteiger partial charge in [0.1, 0.15) is 11.6 Å². The van der Waals surface area contributed by atoms with E-state index in [1.165, 1.54) is 34.2 Å². The normalized spacial score (nSPS) is 16.6. The van der Waals surface area contributed by atoms with Gasteiger partial charge >= 0.3 is 0 Å². The summed E-state index contributed by atoms with van der Waals surface area (Å²) in [6.45, 7) is 2.01. The molecule has 0 fully saturated rings. The van der Waals surface area contributed by atoms with Crippen molar-refractivity contribution in [2.75, 3.05) is 24.6 Å². The Morgan fingerprint density at radius 3 is 2.68 bits per heavy atom. The van der Waals surface area contributed by atoms with Gasteiger partial charge in [-0.25, -0.2) is 8.78 Å². The van der Waals surface area contributed by atoms with Gasteiger partial charge in [-0.15, -0.1) is 0 Å². The molecule has 1 atom stereocenters. The lowest BCUT2D eigenvalue weighted by Crippen LogP contribution is -2.48. The Bertz CT molecular complexity index is 1030. The van der Waals surface area contributed by atoms with Crippen LogP contribution in [0.1, 0.15) is 12.5 Å². The molecule has 7 nitrogen and oxygen atoms in total. The number of aliphatic hydroxyl groups excluding tert-OH is 1. The molecule has 0 saturated heterocycles. The highest BCUT2D eigenvalue weighted by molar-refractivity contribution is 8.00. The van der Waals surface area contributed by atoms with Gasteiger partial charge in [0.15, 0.2) is 23.6 Å². The first-order valence-corrected chi connectivity index (χ1v) is 10.4. The van der Waals surface area contributed by atoms with E-state index in [1.807, 2.05) is 6.92 Å². The van der Waals surface area contributed by atoms with Crippen LogP contribution in [0.4, 0.5) is 14.5 Å². The number of anilines is 1. The molecule has 1 aliphatic rings. The predicted octanol–water partition coefficient (Wildman–Crippen LogP) is 4.34. The minimum absolute atomic E-state index is 0.106. The average Bonchev–Trinajstić information content (AvgIpc) is 2.75. The van der Waals surface area contributed by atoms with Crippen molar-refractivity contribution in [2.24, 2.45) is 4.99 Å². The molecular weight excluding hydrogens is 424 g/mol. The number of hydrogen-bond acceptors (Lipinski definition) is 7. The number of ether oxygens (including phenoxy) is 1. The molecule has 0 amide bonds. The number of nitrogens with one attached hydrogen (secondary N) is 2. The minimum Gasteiger partial charge on any atom is -0.454 e. The lowest BCUT2D eigenvalue weighted by molar-refractivity contribution is 0.105. The Kier molecular flexibility index (Phi) is 7.13. The number of aliphatic hydroxyl groups is 1. The van der Waals surface area contributed by atoms with E-state index in [9.17, 15) is 13.9 Å². The molecule has 0 radical (unpaired) electrons. The van der Waals surface area contributed by atoms with Crippen LogP contribution in [0.15, 0.2) is 47.6 Å². The van der Waals surface area contributed by atoms with E-state index in [0.717, 1.165) is 23.6 Å². The zero-order valence-electron chi connectivity index (χ0n) is 17.3. The average molecular weight is 448 g/mol. The SMILES string of the molecule is CCSNc1ccc(Oc2ccc(F)cc2F)c(C2=CN(C)C(O)C(=N)N2C=NC)c1. The summed E-state index contributed by atoms with van der Waals surface area (Å²) >= 11 is 1.50.